The monoisotopic (exact) mass is 283 g/mol. The van der Waals surface area contributed by atoms with Crippen LogP contribution in [0.5, 0.6) is 5.75 Å². The first-order valence-corrected chi connectivity index (χ1v) is 6.90. The predicted molar refractivity (Wildman–Crippen MR) is 67.8 cm³/mol. The maximum Gasteiger partial charge on any atom is 0.358 e. The van der Waals surface area contributed by atoms with Crippen molar-refractivity contribution in [1.29, 1.82) is 0 Å². The summed E-state index contributed by atoms with van der Waals surface area (Å²) < 4.78 is 34.5. The van der Waals surface area contributed by atoms with Crippen LogP contribution in [0.4, 0.5) is 0 Å². The highest BCUT2D eigenvalue weighted by Crippen LogP contribution is 2.27. The second-order valence-electron chi connectivity index (χ2n) is 4.03. The van der Waals surface area contributed by atoms with E-state index in [1.807, 2.05) is 0 Å². The molecular formula is C12H13NO5S. The third-order valence-electron chi connectivity index (χ3n) is 2.60. The van der Waals surface area contributed by atoms with E-state index >= 15 is 0 Å². The van der Waals surface area contributed by atoms with Crippen molar-refractivity contribution in [2.24, 2.45) is 0 Å². The fourth-order valence-electron chi connectivity index (χ4n) is 1.76. The van der Waals surface area contributed by atoms with E-state index in [1.54, 1.807) is 26.1 Å². The molecule has 0 spiro atoms. The zero-order valence-corrected chi connectivity index (χ0v) is 11.3. The average Bonchev–Trinajstić information content (AvgIpc) is 2.70. The number of para-hydroxylation sites is 1. The minimum Gasteiger partial charge on any atom is -0.475 e. The molecule has 0 atom stereocenters. The Labute approximate surface area is 111 Å². The Kier molecular flexibility index (Phi) is 3.48. The van der Waals surface area contributed by atoms with Crippen LogP contribution in [0.1, 0.15) is 17.3 Å². The van der Waals surface area contributed by atoms with Crippen LogP contribution in [0.15, 0.2) is 35.1 Å². The molecule has 0 unspecified atom stereocenters. The van der Waals surface area contributed by atoms with Crippen molar-refractivity contribution in [3.05, 3.63) is 40.6 Å². The van der Waals surface area contributed by atoms with Gasteiger partial charge in [-0.2, -0.15) is 8.42 Å². The lowest BCUT2D eigenvalue weighted by molar-refractivity contribution is 0.112. The molecule has 6 nitrogen and oxygen atoms in total. The van der Waals surface area contributed by atoms with Crippen LogP contribution >= 0.6 is 0 Å². The first-order chi connectivity index (χ1) is 8.95. The van der Waals surface area contributed by atoms with Gasteiger partial charge < -0.3 is 13.8 Å². The molecule has 7 heteroatoms. The lowest BCUT2D eigenvalue weighted by Gasteiger charge is -2.14. The molecule has 1 aromatic carbocycles. The Morgan fingerprint density at radius 2 is 2.05 bits per heavy atom. The summed E-state index contributed by atoms with van der Waals surface area (Å²) in [6, 6.07) is 6.12. The van der Waals surface area contributed by atoms with E-state index in [1.165, 1.54) is 17.0 Å². The zero-order chi connectivity index (χ0) is 14.0. The summed E-state index contributed by atoms with van der Waals surface area (Å²) in [6.45, 7) is 1.70. The summed E-state index contributed by atoms with van der Waals surface area (Å²) in [5.41, 5.74) is 0.172. The molecule has 0 radical (unpaired) electrons. The fraction of sp³-hybridized carbons (Fsp3) is 0.250. The standard InChI is InChI=1S/C12H13NO5S/c1-9-12(13(2)8-17-9)19(15,16)18-11-6-4-3-5-10(11)7-14/h3-7H,8H2,1-2H3. The Hall–Kier alpha value is -2.02. The van der Waals surface area contributed by atoms with Gasteiger partial charge in [-0.1, -0.05) is 12.1 Å². The number of carbonyl (C=O) groups is 1. The largest absolute Gasteiger partial charge is 0.475 e. The summed E-state index contributed by atoms with van der Waals surface area (Å²) in [4.78, 5) is 12.3. The highest BCUT2D eigenvalue weighted by molar-refractivity contribution is 7.91. The molecule has 0 aromatic heterocycles. The highest BCUT2D eigenvalue weighted by atomic mass is 32.2. The van der Waals surface area contributed by atoms with Gasteiger partial charge in [0.05, 0.1) is 5.56 Å². The third-order valence-corrected chi connectivity index (χ3v) is 4.08. The van der Waals surface area contributed by atoms with Gasteiger partial charge >= 0.3 is 10.1 Å². The molecule has 102 valence electrons. The van der Waals surface area contributed by atoms with Gasteiger partial charge in [0.25, 0.3) is 0 Å². The number of ether oxygens (including phenoxy) is 1. The van der Waals surface area contributed by atoms with E-state index in [4.69, 9.17) is 8.92 Å². The fourth-order valence-corrected chi connectivity index (χ4v) is 3.07. The summed E-state index contributed by atoms with van der Waals surface area (Å²) in [6.07, 6.45) is 0.543. The zero-order valence-electron chi connectivity index (χ0n) is 10.5. The van der Waals surface area contributed by atoms with Crippen LogP contribution in [-0.2, 0) is 14.9 Å². The van der Waals surface area contributed by atoms with Crippen LogP contribution in [0, 0.1) is 0 Å². The van der Waals surface area contributed by atoms with Crippen LogP contribution in [0.3, 0.4) is 0 Å². The van der Waals surface area contributed by atoms with E-state index in [0.717, 1.165) is 0 Å². The Morgan fingerprint density at radius 3 is 2.63 bits per heavy atom. The van der Waals surface area contributed by atoms with Crippen LogP contribution in [-0.4, -0.2) is 33.4 Å². The van der Waals surface area contributed by atoms with Gasteiger partial charge in [-0.3, -0.25) is 4.79 Å². The predicted octanol–water partition coefficient (Wildman–Crippen LogP) is 1.32. The van der Waals surface area contributed by atoms with Crippen molar-refractivity contribution < 1.29 is 22.1 Å². The van der Waals surface area contributed by atoms with E-state index in [2.05, 4.69) is 0 Å². The molecule has 1 aliphatic rings. The molecule has 0 N–H and O–H groups in total. The molecule has 0 fully saturated rings. The number of aldehydes is 1. The van der Waals surface area contributed by atoms with Gasteiger partial charge in [-0.05, 0) is 19.1 Å². The minimum absolute atomic E-state index is 0.00176. The topological polar surface area (TPSA) is 72.9 Å². The molecule has 0 amide bonds. The molecule has 2 rings (SSSR count). The van der Waals surface area contributed by atoms with Crippen LogP contribution in [0.25, 0.3) is 0 Å². The van der Waals surface area contributed by atoms with Crippen molar-refractivity contribution in [2.45, 2.75) is 6.92 Å². The van der Waals surface area contributed by atoms with E-state index in [0.29, 0.717) is 6.29 Å². The minimum atomic E-state index is -4.02. The molecule has 0 aliphatic carbocycles. The van der Waals surface area contributed by atoms with Gasteiger partial charge in [-0.25, -0.2) is 0 Å². The van der Waals surface area contributed by atoms with Gasteiger partial charge in [0.1, 0.15) is 5.76 Å². The smallest absolute Gasteiger partial charge is 0.358 e. The third kappa shape index (κ3) is 2.55. The molecule has 1 heterocycles. The maximum absolute atomic E-state index is 12.2. The molecule has 1 aliphatic heterocycles. The van der Waals surface area contributed by atoms with Gasteiger partial charge in [0, 0.05) is 7.05 Å². The molecular weight excluding hydrogens is 270 g/mol. The van der Waals surface area contributed by atoms with Crippen molar-refractivity contribution in [3.8, 4) is 5.75 Å². The molecule has 19 heavy (non-hydrogen) atoms. The number of nitrogens with zero attached hydrogens (tertiary/aromatic N) is 1. The molecule has 0 bridgehead atoms. The van der Waals surface area contributed by atoms with Crippen LogP contribution < -0.4 is 4.18 Å². The Bertz CT molecular complexity index is 635. The van der Waals surface area contributed by atoms with Gasteiger partial charge in [-0.15, -0.1) is 0 Å². The quantitative estimate of drug-likeness (QED) is 0.613. The maximum atomic E-state index is 12.2. The average molecular weight is 283 g/mol. The summed E-state index contributed by atoms with van der Waals surface area (Å²) >= 11 is 0. The van der Waals surface area contributed by atoms with Crippen molar-refractivity contribution in [3.63, 3.8) is 0 Å². The lowest BCUT2D eigenvalue weighted by atomic mass is 10.2. The highest BCUT2D eigenvalue weighted by Gasteiger charge is 2.32. The van der Waals surface area contributed by atoms with Crippen molar-refractivity contribution >= 4 is 16.4 Å². The normalized spacial score (nSPS) is 15.4. The summed E-state index contributed by atoms with van der Waals surface area (Å²) in [5, 5.41) is -0.0341. The van der Waals surface area contributed by atoms with Gasteiger partial charge in [0.2, 0.25) is 5.03 Å². The number of allylic oxidation sites excluding steroid dienone is 1. The Morgan fingerprint density at radius 1 is 1.37 bits per heavy atom. The number of hydrogen-bond acceptors (Lipinski definition) is 6. The number of hydrogen-bond donors (Lipinski definition) is 0. The summed E-state index contributed by atoms with van der Waals surface area (Å²) in [5.74, 6) is 0.268. The van der Waals surface area contributed by atoms with Crippen molar-refractivity contribution in [2.75, 3.05) is 13.8 Å². The van der Waals surface area contributed by atoms with E-state index in [-0.39, 0.29) is 28.8 Å². The molecule has 0 saturated heterocycles. The summed E-state index contributed by atoms with van der Waals surface area (Å²) in [7, 11) is -2.44. The van der Waals surface area contributed by atoms with Gasteiger partial charge in [0.15, 0.2) is 18.8 Å². The van der Waals surface area contributed by atoms with E-state index in [9.17, 15) is 13.2 Å². The first-order valence-electron chi connectivity index (χ1n) is 5.49. The van der Waals surface area contributed by atoms with E-state index < -0.39 is 10.1 Å². The number of carbonyl (C=O) groups excluding carboxylic acids is 1. The number of rotatable bonds is 4. The van der Waals surface area contributed by atoms with Crippen molar-refractivity contribution in [1.82, 2.24) is 4.90 Å². The second-order valence-corrected chi connectivity index (χ2v) is 5.49. The molecule has 1 aromatic rings. The Balaban J connectivity index is 2.37. The lowest BCUT2D eigenvalue weighted by Crippen LogP contribution is -2.24. The number of benzene rings is 1. The second kappa shape index (κ2) is 4.93. The first kappa shape index (κ1) is 13.4. The molecule has 0 saturated carbocycles. The van der Waals surface area contributed by atoms with Crippen LogP contribution in [0.2, 0.25) is 0 Å². The SMILES string of the molecule is CC1=C(S(=O)(=O)Oc2ccccc2C=O)N(C)CO1.